The second-order valence-electron chi connectivity index (χ2n) is 6.44. The van der Waals surface area contributed by atoms with E-state index in [9.17, 15) is 4.79 Å². The van der Waals surface area contributed by atoms with Crippen LogP contribution in [0.2, 0.25) is 0 Å². The minimum absolute atomic E-state index is 0.129. The van der Waals surface area contributed by atoms with Crippen LogP contribution in [0.1, 0.15) is 45.4 Å². The third-order valence-corrected chi connectivity index (χ3v) is 4.15. The van der Waals surface area contributed by atoms with Crippen molar-refractivity contribution < 1.29 is 9.90 Å². The summed E-state index contributed by atoms with van der Waals surface area (Å²) in [6.07, 6.45) is 5.24. The SMILES string of the molecule is CC(C)Cn1ncnc1CNCC1CCC(C(=O)O)CC1. The highest BCUT2D eigenvalue weighted by molar-refractivity contribution is 5.69. The number of nitrogens with zero attached hydrogens (tertiary/aromatic N) is 3. The minimum Gasteiger partial charge on any atom is -0.481 e. The molecule has 6 nitrogen and oxygen atoms in total. The second-order valence-corrected chi connectivity index (χ2v) is 6.44. The molecule has 6 heteroatoms. The van der Waals surface area contributed by atoms with Crippen LogP contribution >= 0.6 is 0 Å². The van der Waals surface area contributed by atoms with E-state index in [1.807, 2.05) is 4.68 Å². The van der Waals surface area contributed by atoms with Crippen LogP contribution in [0.15, 0.2) is 6.33 Å². The highest BCUT2D eigenvalue weighted by atomic mass is 16.4. The molecule has 21 heavy (non-hydrogen) atoms. The number of carbonyl (C=O) groups is 1. The van der Waals surface area contributed by atoms with Gasteiger partial charge in [0.05, 0.1) is 12.5 Å². The summed E-state index contributed by atoms with van der Waals surface area (Å²) in [5.74, 6) is 1.35. The van der Waals surface area contributed by atoms with E-state index < -0.39 is 5.97 Å². The number of carboxylic acid groups (broad SMARTS) is 1. The van der Waals surface area contributed by atoms with Crippen molar-refractivity contribution in [1.82, 2.24) is 20.1 Å². The summed E-state index contributed by atoms with van der Waals surface area (Å²) < 4.78 is 1.96. The highest BCUT2D eigenvalue weighted by Crippen LogP contribution is 2.28. The molecule has 0 amide bonds. The van der Waals surface area contributed by atoms with Crippen LogP contribution in [0.3, 0.4) is 0 Å². The molecule has 1 saturated carbocycles. The van der Waals surface area contributed by atoms with Gasteiger partial charge in [0.25, 0.3) is 0 Å². The largest absolute Gasteiger partial charge is 0.481 e. The minimum atomic E-state index is -0.636. The maximum absolute atomic E-state index is 10.9. The lowest BCUT2D eigenvalue weighted by Gasteiger charge is -2.26. The average molecular weight is 294 g/mol. The molecular weight excluding hydrogens is 268 g/mol. The Morgan fingerprint density at radius 2 is 2.14 bits per heavy atom. The molecule has 0 aromatic carbocycles. The fourth-order valence-electron chi connectivity index (χ4n) is 2.92. The molecule has 2 rings (SSSR count). The Morgan fingerprint density at radius 3 is 2.76 bits per heavy atom. The number of aromatic nitrogens is 3. The van der Waals surface area contributed by atoms with Gasteiger partial charge in [0.1, 0.15) is 12.2 Å². The summed E-state index contributed by atoms with van der Waals surface area (Å²) in [5, 5.41) is 16.7. The topological polar surface area (TPSA) is 80.0 Å². The normalized spacial score (nSPS) is 22.6. The highest BCUT2D eigenvalue weighted by Gasteiger charge is 2.25. The smallest absolute Gasteiger partial charge is 0.306 e. The first-order valence-corrected chi connectivity index (χ1v) is 7.86. The fraction of sp³-hybridized carbons (Fsp3) is 0.800. The van der Waals surface area contributed by atoms with E-state index in [1.54, 1.807) is 6.33 Å². The van der Waals surface area contributed by atoms with Crippen molar-refractivity contribution in [2.45, 2.75) is 52.6 Å². The molecule has 0 radical (unpaired) electrons. The lowest BCUT2D eigenvalue weighted by Crippen LogP contribution is -2.29. The van der Waals surface area contributed by atoms with E-state index in [0.717, 1.165) is 51.1 Å². The van der Waals surface area contributed by atoms with Gasteiger partial charge in [0, 0.05) is 6.54 Å². The first-order chi connectivity index (χ1) is 10.1. The monoisotopic (exact) mass is 294 g/mol. The molecule has 2 N–H and O–H groups in total. The predicted octanol–water partition coefficient (Wildman–Crippen LogP) is 1.91. The molecule has 118 valence electrons. The Bertz CT molecular complexity index is 450. The molecule has 0 saturated heterocycles. The number of aliphatic carboxylic acids is 1. The van der Waals surface area contributed by atoms with Crippen LogP contribution in [0, 0.1) is 17.8 Å². The van der Waals surface area contributed by atoms with Gasteiger partial charge in [-0.2, -0.15) is 5.10 Å². The van der Waals surface area contributed by atoms with Gasteiger partial charge >= 0.3 is 5.97 Å². The van der Waals surface area contributed by atoms with Gasteiger partial charge in [0.15, 0.2) is 0 Å². The standard InChI is InChI=1S/C15H26N4O2/c1-11(2)9-19-14(17-10-18-19)8-16-7-12-3-5-13(6-4-12)15(20)21/h10-13,16H,3-9H2,1-2H3,(H,20,21). The van der Waals surface area contributed by atoms with Crippen molar-refractivity contribution >= 4 is 5.97 Å². The predicted molar refractivity (Wildman–Crippen MR) is 79.7 cm³/mol. The van der Waals surface area contributed by atoms with E-state index >= 15 is 0 Å². The molecule has 0 bridgehead atoms. The fourth-order valence-corrected chi connectivity index (χ4v) is 2.92. The van der Waals surface area contributed by atoms with Gasteiger partial charge < -0.3 is 10.4 Å². The molecule has 1 fully saturated rings. The molecule has 0 unspecified atom stereocenters. The zero-order valence-electron chi connectivity index (χ0n) is 13.0. The molecule has 1 heterocycles. The van der Waals surface area contributed by atoms with E-state index in [2.05, 4.69) is 29.2 Å². The average Bonchev–Trinajstić information content (AvgIpc) is 2.86. The van der Waals surface area contributed by atoms with Gasteiger partial charge in [-0.3, -0.25) is 4.79 Å². The van der Waals surface area contributed by atoms with Crippen LogP contribution in [-0.4, -0.2) is 32.4 Å². The Hall–Kier alpha value is -1.43. The zero-order chi connectivity index (χ0) is 15.2. The lowest BCUT2D eigenvalue weighted by atomic mass is 9.82. The van der Waals surface area contributed by atoms with Crippen LogP contribution in [0.25, 0.3) is 0 Å². The summed E-state index contributed by atoms with van der Waals surface area (Å²) in [4.78, 5) is 15.2. The summed E-state index contributed by atoms with van der Waals surface area (Å²) in [5.41, 5.74) is 0. The molecule has 1 aromatic rings. The van der Waals surface area contributed by atoms with Gasteiger partial charge in [-0.15, -0.1) is 0 Å². The number of nitrogens with one attached hydrogen (secondary N) is 1. The van der Waals surface area contributed by atoms with Crippen molar-refractivity contribution in [3.8, 4) is 0 Å². The molecule has 1 aliphatic rings. The van der Waals surface area contributed by atoms with Crippen molar-refractivity contribution in [3.05, 3.63) is 12.2 Å². The Morgan fingerprint density at radius 1 is 1.43 bits per heavy atom. The second kappa shape index (κ2) is 7.54. The van der Waals surface area contributed by atoms with Gasteiger partial charge in [-0.05, 0) is 44.1 Å². The van der Waals surface area contributed by atoms with Gasteiger partial charge in [-0.25, -0.2) is 9.67 Å². The van der Waals surface area contributed by atoms with Crippen molar-refractivity contribution in [3.63, 3.8) is 0 Å². The van der Waals surface area contributed by atoms with Crippen molar-refractivity contribution in [2.24, 2.45) is 17.8 Å². The quantitative estimate of drug-likeness (QED) is 0.803. The molecule has 0 aliphatic heterocycles. The van der Waals surface area contributed by atoms with Gasteiger partial charge in [0.2, 0.25) is 0 Å². The third-order valence-electron chi connectivity index (χ3n) is 4.15. The van der Waals surface area contributed by atoms with Crippen LogP contribution in [-0.2, 0) is 17.9 Å². The van der Waals surface area contributed by atoms with E-state index in [1.165, 1.54) is 0 Å². The van der Waals surface area contributed by atoms with E-state index in [4.69, 9.17) is 5.11 Å². The van der Waals surface area contributed by atoms with Crippen molar-refractivity contribution in [1.29, 1.82) is 0 Å². The van der Waals surface area contributed by atoms with Crippen molar-refractivity contribution in [2.75, 3.05) is 6.54 Å². The molecule has 0 atom stereocenters. The number of hydrogen-bond acceptors (Lipinski definition) is 4. The molecule has 0 spiro atoms. The summed E-state index contributed by atoms with van der Waals surface area (Å²) >= 11 is 0. The van der Waals surface area contributed by atoms with E-state index in [0.29, 0.717) is 11.8 Å². The number of carboxylic acids is 1. The van der Waals surface area contributed by atoms with Crippen LogP contribution < -0.4 is 5.32 Å². The van der Waals surface area contributed by atoms with Crippen LogP contribution in [0.4, 0.5) is 0 Å². The summed E-state index contributed by atoms with van der Waals surface area (Å²) in [7, 11) is 0. The Labute approximate surface area is 126 Å². The molecule has 1 aromatic heterocycles. The third kappa shape index (κ3) is 4.81. The summed E-state index contributed by atoms with van der Waals surface area (Å²) in [6, 6.07) is 0. The van der Waals surface area contributed by atoms with Gasteiger partial charge in [-0.1, -0.05) is 13.8 Å². The summed E-state index contributed by atoms with van der Waals surface area (Å²) in [6.45, 7) is 6.88. The molecule has 1 aliphatic carbocycles. The molecular formula is C15H26N4O2. The number of hydrogen-bond donors (Lipinski definition) is 2. The van der Waals surface area contributed by atoms with E-state index in [-0.39, 0.29) is 5.92 Å². The first kappa shape index (κ1) is 15.9. The number of rotatable bonds is 7. The Balaban J connectivity index is 1.71. The lowest BCUT2D eigenvalue weighted by molar-refractivity contribution is -0.143. The zero-order valence-corrected chi connectivity index (χ0v) is 13.0. The maximum Gasteiger partial charge on any atom is 0.306 e. The first-order valence-electron chi connectivity index (χ1n) is 7.86. The van der Waals surface area contributed by atoms with Crippen LogP contribution in [0.5, 0.6) is 0 Å². The Kier molecular flexibility index (Phi) is 5.73. The maximum atomic E-state index is 10.9.